The predicted octanol–water partition coefficient (Wildman–Crippen LogP) is 4.55. The van der Waals surface area contributed by atoms with Crippen LogP contribution in [0.3, 0.4) is 0 Å². The Bertz CT molecular complexity index is 576. The van der Waals surface area contributed by atoms with E-state index in [1.54, 1.807) is 0 Å². The van der Waals surface area contributed by atoms with E-state index in [0.717, 1.165) is 13.0 Å². The van der Waals surface area contributed by atoms with Crippen LogP contribution in [0.2, 0.25) is 0 Å². The van der Waals surface area contributed by atoms with Crippen molar-refractivity contribution in [2.75, 3.05) is 6.61 Å². The molecule has 0 heterocycles. The van der Waals surface area contributed by atoms with Crippen LogP contribution in [0, 0.1) is 5.92 Å². The van der Waals surface area contributed by atoms with Gasteiger partial charge in [0.1, 0.15) is 0 Å². The highest BCUT2D eigenvalue weighted by Gasteiger charge is 2.16. The highest BCUT2D eigenvalue weighted by Crippen LogP contribution is 2.30. The van der Waals surface area contributed by atoms with Crippen LogP contribution in [0.15, 0.2) is 36.4 Å². The molecular weight excluding hydrogens is 268 g/mol. The van der Waals surface area contributed by atoms with Gasteiger partial charge in [0.2, 0.25) is 0 Å². The van der Waals surface area contributed by atoms with Crippen molar-refractivity contribution in [3.63, 3.8) is 0 Å². The summed E-state index contributed by atoms with van der Waals surface area (Å²) in [5.74, 6) is 0.704. The number of rotatable bonds is 6. The summed E-state index contributed by atoms with van der Waals surface area (Å²) in [4.78, 5) is 0. The normalized spacial score (nSPS) is 18.7. The van der Waals surface area contributed by atoms with Crippen LogP contribution in [-0.4, -0.2) is 6.61 Å². The second-order valence-corrected chi connectivity index (χ2v) is 6.22. The standard InChI is InChI=1S/C21H30O/c1-3-5-16-22-17-19-14-9-10-15-21(19)20(11-4-2)18-12-7-6-8-13-18/h4,9-11,14-15,17-18H,3,5-8,12-13,16H2,1-2H3/b11-4-,19-17+,21-20+. The Morgan fingerprint density at radius 3 is 2.68 bits per heavy atom. The van der Waals surface area contributed by atoms with Crippen molar-refractivity contribution in [3.05, 3.63) is 46.9 Å². The average molecular weight is 298 g/mol. The largest absolute Gasteiger partial charge is 0.501 e. The summed E-state index contributed by atoms with van der Waals surface area (Å²) >= 11 is 0. The second kappa shape index (κ2) is 9.50. The smallest absolute Gasteiger partial charge is 0.0907 e. The Kier molecular flexibility index (Phi) is 7.28. The third-order valence-corrected chi connectivity index (χ3v) is 4.49. The van der Waals surface area contributed by atoms with E-state index < -0.39 is 0 Å². The summed E-state index contributed by atoms with van der Waals surface area (Å²) in [6, 6.07) is 8.67. The molecule has 1 fully saturated rings. The molecule has 1 saturated carbocycles. The van der Waals surface area contributed by atoms with Gasteiger partial charge in [-0.05, 0) is 42.9 Å². The fraction of sp³-hybridized carbons (Fsp3) is 0.524. The van der Waals surface area contributed by atoms with E-state index in [1.807, 2.05) is 6.26 Å². The molecule has 1 aromatic rings. The van der Waals surface area contributed by atoms with E-state index in [4.69, 9.17) is 4.74 Å². The van der Waals surface area contributed by atoms with Crippen molar-refractivity contribution >= 4 is 11.8 Å². The van der Waals surface area contributed by atoms with Crippen molar-refractivity contribution in [1.82, 2.24) is 0 Å². The van der Waals surface area contributed by atoms with E-state index in [1.165, 1.54) is 54.5 Å². The quantitative estimate of drug-likeness (QED) is 0.700. The molecule has 0 N–H and O–H groups in total. The fourth-order valence-corrected chi connectivity index (χ4v) is 3.28. The molecule has 1 aromatic carbocycles. The first-order chi connectivity index (χ1) is 10.9. The second-order valence-electron chi connectivity index (χ2n) is 6.22. The maximum Gasteiger partial charge on any atom is 0.0907 e. The summed E-state index contributed by atoms with van der Waals surface area (Å²) < 4.78 is 5.75. The number of benzene rings is 1. The van der Waals surface area contributed by atoms with E-state index in [-0.39, 0.29) is 0 Å². The highest BCUT2D eigenvalue weighted by molar-refractivity contribution is 5.59. The fourth-order valence-electron chi connectivity index (χ4n) is 3.28. The zero-order valence-electron chi connectivity index (χ0n) is 14.2. The first-order valence-electron chi connectivity index (χ1n) is 8.90. The third-order valence-electron chi connectivity index (χ3n) is 4.49. The molecule has 1 aliphatic carbocycles. The van der Waals surface area contributed by atoms with Gasteiger partial charge in [0.15, 0.2) is 0 Å². The monoisotopic (exact) mass is 298 g/mol. The third kappa shape index (κ3) is 4.76. The highest BCUT2D eigenvalue weighted by atomic mass is 16.5. The molecule has 22 heavy (non-hydrogen) atoms. The molecule has 120 valence electrons. The molecular formula is C21H30O. The maximum atomic E-state index is 5.75. The lowest BCUT2D eigenvalue weighted by atomic mass is 9.82. The minimum Gasteiger partial charge on any atom is -0.501 e. The summed E-state index contributed by atoms with van der Waals surface area (Å²) in [6.07, 6.45) is 15.5. The molecule has 0 amide bonds. The van der Waals surface area contributed by atoms with Crippen LogP contribution in [0.1, 0.15) is 58.8 Å². The lowest BCUT2D eigenvalue weighted by molar-refractivity contribution is 0.286. The molecule has 0 bridgehead atoms. The van der Waals surface area contributed by atoms with Gasteiger partial charge >= 0.3 is 0 Å². The molecule has 0 aromatic heterocycles. The van der Waals surface area contributed by atoms with Crippen molar-refractivity contribution < 1.29 is 4.74 Å². The van der Waals surface area contributed by atoms with Gasteiger partial charge in [0, 0.05) is 5.22 Å². The Labute approximate surface area is 135 Å². The van der Waals surface area contributed by atoms with E-state index in [2.05, 4.69) is 50.3 Å². The molecule has 1 aliphatic rings. The SMILES string of the molecule is C\C=C/C(=c1/cccc/c1=C\OCCCC)C1CCCCC1. The molecule has 0 aliphatic heterocycles. The zero-order valence-corrected chi connectivity index (χ0v) is 14.2. The number of ether oxygens (including phenoxy) is 1. The van der Waals surface area contributed by atoms with Crippen molar-refractivity contribution in [2.45, 2.75) is 58.8 Å². The molecule has 0 saturated heterocycles. The van der Waals surface area contributed by atoms with Crippen molar-refractivity contribution in [1.29, 1.82) is 0 Å². The van der Waals surface area contributed by atoms with Gasteiger partial charge in [0.05, 0.1) is 12.9 Å². The molecule has 0 radical (unpaired) electrons. The van der Waals surface area contributed by atoms with Gasteiger partial charge in [-0.3, -0.25) is 0 Å². The summed E-state index contributed by atoms with van der Waals surface area (Å²) in [5.41, 5.74) is 1.49. The van der Waals surface area contributed by atoms with Gasteiger partial charge in [-0.2, -0.15) is 0 Å². The first kappa shape index (κ1) is 16.9. The van der Waals surface area contributed by atoms with Crippen molar-refractivity contribution in [2.24, 2.45) is 5.92 Å². The van der Waals surface area contributed by atoms with E-state index >= 15 is 0 Å². The zero-order chi connectivity index (χ0) is 15.6. The van der Waals surface area contributed by atoms with Gasteiger partial charge in [-0.15, -0.1) is 0 Å². The molecule has 0 spiro atoms. The number of unbranched alkanes of at least 4 members (excludes halogenated alkanes) is 1. The van der Waals surface area contributed by atoms with Crippen LogP contribution in [-0.2, 0) is 4.74 Å². The summed E-state index contributed by atoms with van der Waals surface area (Å²) in [5, 5.41) is 2.57. The molecule has 1 heteroatoms. The summed E-state index contributed by atoms with van der Waals surface area (Å²) in [6.45, 7) is 5.12. The molecule has 0 atom stereocenters. The Balaban J connectivity index is 2.40. The van der Waals surface area contributed by atoms with Gasteiger partial charge < -0.3 is 4.74 Å². The molecule has 2 rings (SSSR count). The number of hydrogen-bond acceptors (Lipinski definition) is 1. The van der Waals surface area contributed by atoms with Gasteiger partial charge in [-0.1, -0.05) is 69.0 Å². The maximum absolute atomic E-state index is 5.75. The molecule has 1 nitrogen and oxygen atoms in total. The Morgan fingerprint density at radius 2 is 1.95 bits per heavy atom. The Morgan fingerprint density at radius 1 is 1.18 bits per heavy atom. The van der Waals surface area contributed by atoms with Gasteiger partial charge in [-0.25, -0.2) is 0 Å². The first-order valence-corrected chi connectivity index (χ1v) is 8.90. The van der Waals surface area contributed by atoms with Crippen LogP contribution < -0.4 is 10.4 Å². The van der Waals surface area contributed by atoms with E-state index in [0.29, 0.717) is 5.92 Å². The Hall–Kier alpha value is -1.50. The van der Waals surface area contributed by atoms with Crippen LogP contribution in [0.25, 0.3) is 11.8 Å². The van der Waals surface area contributed by atoms with E-state index in [9.17, 15) is 0 Å². The summed E-state index contributed by atoms with van der Waals surface area (Å²) in [7, 11) is 0. The number of hydrogen-bond donors (Lipinski definition) is 0. The lowest BCUT2D eigenvalue weighted by Gasteiger charge is -2.23. The minimum atomic E-state index is 0.704. The predicted molar refractivity (Wildman–Crippen MR) is 95.8 cm³/mol. The topological polar surface area (TPSA) is 9.23 Å². The average Bonchev–Trinajstić information content (AvgIpc) is 2.58. The lowest BCUT2D eigenvalue weighted by Crippen LogP contribution is -2.29. The minimum absolute atomic E-state index is 0.704. The van der Waals surface area contributed by atoms with Crippen LogP contribution >= 0.6 is 0 Å². The van der Waals surface area contributed by atoms with Gasteiger partial charge in [0.25, 0.3) is 0 Å². The van der Waals surface area contributed by atoms with Crippen molar-refractivity contribution in [3.8, 4) is 0 Å². The van der Waals surface area contributed by atoms with Crippen LogP contribution in [0.5, 0.6) is 0 Å². The number of allylic oxidation sites excluding steroid dienone is 2. The molecule has 0 unspecified atom stereocenters. The van der Waals surface area contributed by atoms with Crippen LogP contribution in [0.4, 0.5) is 0 Å².